The molecule has 0 aromatic rings. The standard InChI is InChI=1S/C12H25N3O6P2/c1-5-18-22(16,19-6-2)12(9-11(12)10-14-15-13)23(17,20-7-3)21-8-4/h11H,5-10H2,1-4H3. The van der Waals surface area contributed by atoms with Crippen LogP contribution >= 0.6 is 15.2 Å². The molecule has 0 saturated heterocycles. The van der Waals surface area contributed by atoms with E-state index in [1.165, 1.54) is 0 Å². The lowest BCUT2D eigenvalue weighted by Crippen LogP contribution is -2.22. The van der Waals surface area contributed by atoms with Gasteiger partial charge in [-0.1, -0.05) is 5.11 Å². The average Bonchev–Trinajstić information content (AvgIpc) is 3.23. The number of azide groups is 1. The average molecular weight is 369 g/mol. The molecule has 1 fully saturated rings. The molecule has 9 nitrogen and oxygen atoms in total. The summed E-state index contributed by atoms with van der Waals surface area (Å²) in [4.78, 5) is 1.30. The first-order chi connectivity index (χ1) is 10.9. The molecular formula is C12H25N3O6P2. The third-order valence-corrected chi connectivity index (χ3v) is 10.4. The van der Waals surface area contributed by atoms with E-state index >= 15 is 0 Å². The zero-order valence-electron chi connectivity index (χ0n) is 14.0. The van der Waals surface area contributed by atoms with Crippen LogP contribution in [0.15, 0.2) is 5.11 Å². The van der Waals surface area contributed by atoms with Gasteiger partial charge in [-0.3, -0.25) is 9.13 Å². The number of nitrogens with zero attached hydrogens (tertiary/aromatic N) is 3. The van der Waals surface area contributed by atoms with Crippen LogP contribution in [0.25, 0.3) is 10.4 Å². The van der Waals surface area contributed by atoms with Gasteiger partial charge in [0.25, 0.3) is 0 Å². The van der Waals surface area contributed by atoms with Crippen molar-refractivity contribution in [2.24, 2.45) is 11.0 Å². The van der Waals surface area contributed by atoms with Crippen LogP contribution < -0.4 is 0 Å². The van der Waals surface area contributed by atoms with Gasteiger partial charge >= 0.3 is 15.2 Å². The molecule has 0 aliphatic heterocycles. The zero-order valence-corrected chi connectivity index (χ0v) is 15.8. The molecule has 1 atom stereocenters. The molecule has 1 saturated carbocycles. The normalized spacial score (nSPS) is 20.1. The van der Waals surface area contributed by atoms with E-state index in [4.69, 9.17) is 23.6 Å². The zero-order chi connectivity index (χ0) is 17.6. The number of rotatable bonds is 12. The van der Waals surface area contributed by atoms with Crippen molar-refractivity contribution < 1.29 is 27.2 Å². The van der Waals surface area contributed by atoms with E-state index in [-0.39, 0.29) is 39.4 Å². The minimum atomic E-state index is -3.78. The van der Waals surface area contributed by atoms with Gasteiger partial charge in [-0.25, -0.2) is 0 Å². The third kappa shape index (κ3) is 3.83. The lowest BCUT2D eigenvalue weighted by atomic mass is 10.4. The summed E-state index contributed by atoms with van der Waals surface area (Å²) >= 11 is 0. The van der Waals surface area contributed by atoms with Gasteiger partial charge in [0, 0.05) is 11.5 Å². The lowest BCUT2D eigenvalue weighted by Gasteiger charge is -2.32. The van der Waals surface area contributed by atoms with Gasteiger partial charge in [-0.2, -0.15) is 0 Å². The highest BCUT2D eigenvalue weighted by atomic mass is 31.2. The smallest absolute Gasteiger partial charge is 0.308 e. The van der Waals surface area contributed by atoms with Crippen molar-refractivity contribution in [3.8, 4) is 0 Å². The summed E-state index contributed by atoms with van der Waals surface area (Å²) in [6.45, 7) is 7.26. The molecule has 23 heavy (non-hydrogen) atoms. The van der Waals surface area contributed by atoms with Crippen LogP contribution in [0.3, 0.4) is 0 Å². The molecule has 1 aliphatic carbocycles. The Hall–Kier alpha value is -0.390. The fourth-order valence-electron chi connectivity index (χ4n) is 2.67. The van der Waals surface area contributed by atoms with E-state index in [0.717, 1.165) is 0 Å². The Labute approximate surface area is 136 Å². The van der Waals surface area contributed by atoms with Crippen molar-refractivity contribution >= 4 is 15.2 Å². The first-order valence-corrected chi connectivity index (χ1v) is 10.8. The Balaban J connectivity index is 3.36. The monoisotopic (exact) mass is 369 g/mol. The second-order valence-corrected chi connectivity index (χ2v) is 9.83. The van der Waals surface area contributed by atoms with E-state index < -0.39 is 26.0 Å². The highest BCUT2D eigenvalue weighted by Crippen LogP contribution is 2.89. The Morgan fingerprint density at radius 2 is 1.39 bits per heavy atom. The minimum Gasteiger partial charge on any atom is -0.308 e. The molecular weight excluding hydrogens is 344 g/mol. The van der Waals surface area contributed by atoms with Crippen LogP contribution in [-0.4, -0.2) is 37.9 Å². The van der Waals surface area contributed by atoms with Gasteiger partial charge in [-0.15, -0.1) is 0 Å². The van der Waals surface area contributed by atoms with Gasteiger partial charge in [0.15, 0.2) is 4.90 Å². The molecule has 0 N–H and O–H groups in total. The molecule has 1 aliphatic rings. The Bertz CT molecular complexity index is 487. The second kappa shape index (κ2) is 8.63. The Morgan fingerprint density at radius 1 is 1.00 bits per heavy atom. The topological polar surface area (TPSA) is 120 Å². The van der Waals surface area contributed by atoms with Gasteiger partial charge in [0.2, 0.25) is 0 Å². The van der Waals surface area contributed by atoms with Crippen LogP contribution in [0.5, 0.6) is 0 Å². The van der Waals surface area contributed by atoms with E-state index in [0.29, 0.717) is 0 Å². The molecule has 0 bridgehead atoms. The van der Waals surface area contributed by atoms with Gasteiger partial charge in [0.05, 0.1) is 26.4 Å². The Kier molecular flexibility index (Phi) is 7.75. The third-order valence-electron chi connectivity index (χ3n) is 3.55. The van der Waals surface area contributed by atoms with Gasteiger partial charge in [-0.05, 0) is 45.6 Å². The largest absolute Gasteiger partial charge is 0.349 e. The highest BCUT2D eigenvalue weighted by Gasteiger charge is 2.78. The maximum atomic E-state index is 13.4. The lowest BCUT2D eigenvalue weighted by molar-refractivity contribution is 0.190. The maximum absolute atomic E-state index is 13.4. The van der Waals surface area contributed by atoms with E-state index in [1.807, 2.05) is 0 Å². The van der Waals surface area contributed by atoms with Crippen molar-refractivity contribution in [2.75, 3.05) is 33.0 Å². The first kappa shape index (κ1) is 20.7. The number of hydrogen-bond acceptors (Lipinski definition) is 7. The SMILES string of the molecule is CCOP(=O)(OCC)C1(P(=O)(OCC)OCC)CC1CN=[N+]=[N-]. The molecule has 0 radical (unpaired) electrons. The minimum absolute atomic E-state index is 0.0325. The van der Waals surface area contributed by atoms with Crippen molar-refractivity contribution in [2.45, 2.75) is 39.0 Å². The number of hydrogen-bond donors (Lipinski definition) is 0. The van der Waals surface area contributed by atoms with Crippen molar-refractivity contribution in [1.82, 2.24) is 0 Å². The molecule has 0 aromatic heterocycles. The van der Waals surface area contributed by atoms with E-state index in [1.54, 1.807) is 27.7 Å². The molecule has 1 unspecified atom stereocenters. The second-order valence-electron chi connectivity index (χ2n) is 4.86. The van der Waals surface area contributed by atoms with Gasteiger partial charge in [0.1, 0.15) is 0 Å². The molecule has 1 rings (SSSR count). The van der Waals surface area contributed by atoms with Crippen molar-refractivity contribution in [3.63, 3.8) is 0 Å². The van der Waals surface area contributed by atoms with Crippen LogP contribution in [0.4, 0.5) is 0 Å². The van der Waals surface area contributed by atoms with Crippen LogP contribution in [-0.2, 0) is 27.2 Å². The fourth-order valence-corrected chi connectivity index (χ4v) is 8.91. The summed E-state index contributed by atoms with van der Waals surface area (Å²) in [5, 5.41) is 3.51. The van der Waals surface area contributed by atoms with E-state index in [9.17, 15) is 9.13 Å². The Morgan fingerprint density at radius 3 is 1.70 bits per heavy atom. The molecule has 0 heterocycles. The predicted octanol–water partition coefficient (Wildman–Crippen LogP) is 4.55. The molecule has 0 spiro atoms. The quantitative estimate of drug-likeness (QED) is 0.215. The summed E-state index contributed by atoms with van der Waals surface area (Å²) in [5.74, 6) is -0.439. The van der Waals surface area contributed by atoms with Crippen molar-refractivity contribution in [3.05, 3.63) is 10.4 Å². The molecule has 11 heteroatoms. The molecule has 0 amide bonds. The molecule has 134 valence electrons. The summed E-state index contributed by atoms with van der Waals surface area (Å²) in [7, 11) is -7.57. The summed E-state index contributed by atoms with van der Waals surface area (Å²) < 4.78 is 48.4. The molecule has 0 aromatic carbocycles. The maximum Gasteiger partial charge on any atom is 0.349 e. The fraction of sp³-hybridized carbons (Fsp3) is 1.00. The van der Waals surface area contributed by atoms with Gasteiger partial charge < -0.3 is 18.1 Å². The van der Waals surface area contributed by atoms with Crippen LogP contribution in [0.2, 0.25) is 0 Å². The van der Waals surface area contributed by atoms with Crippen LogP contribution in [0, 0.1) is 5.92 Å². The van der Waals surface area contributed by atoms with Crippen molar-refractivity contribution in [1.29, 1.82) is 0 Å². The highest BCUT2D eigenvalue weighted by molar-refractivity contribution is 7.75. The predicted molar refractivity (Wildman–Crippen MR) is 86.6 cm³/mol. The van der Waals surface area contributed by atoms with E-state index in [2.05, 4.69) is 10.0 Å². The summed E-state index contributed by atoms with van der Waals surface area (Å²) in [6.07, 6.45) is 0.237. The summed E-state index contributed by atoms with van der Waals surface area (Å²) in [6, 6.07) is 0. The van der Waals surface area contributed by atoms with Crippen LogP contribution in [0.1, 0.15) is 34.1 Å². The summed E-state index contributed by atoms with van der Waals surface area (Å²) in [5.41, 5.74) is 8.53. The first-order valence-electron chi connectivity index (χ1n) is 7.70.